The summed E-state index contributed by atoms with van der Waals surface area (Å²) in [6.45, 7) is 4.01. The third-order valence-electron chi connectivity index (χ3n) is 3.73. The lowest BCUT2D eigenvalue weighted by Crippen LogP contribution is -2.40. The molecule has 1 heterocycles. The predicted molar refractivity (Wildman–Crippen MR) is 73.9 cm³/mol. The van der Waals surface area contributed by atoms with E-state index < -0.39 is 0 Å². The molecule has 1 N–H and O–H groups in total. The van der Waals surface area contributed by atoms with Crippen LogP contribution in [0.1, 0.15) is 43.4 Å². The van der Waals surface area contributed by atoms with Crippen LogP contribution in [-0.4, -0.2) is 31.3 Å². The van der Waals surface area contributed by atoms with Crippen molar-refractivity contribution in [2.75, 3.05) is 20.3 Å². The highest BCUT2D eigenvalue weighted by molar-refractivity contribution is 5.27. The Morgan fingerprint density at radius 2 is 2.44 bits per heavy atom. The first-order chi connectivity index (χ1) is 8.86. The van der Waals surface area contributed by atoms with Gasteiger partial charge in [-0.3, -0.25) is 4.98 Å². The number of aromatic nitrogens is 1. The van der Waals surface area contributed by atoms with Gasteiger partial charge in [-0.2, -0.15) is 0 Å². The van der Waals surface area contributed by atoms with E-state index in [9.17, 15) is 0 Å². The van der Waals surface area contributed by atoms with Gasteiger partial charge in [0.2, 0.25) is 0 Å². The van der Waals surface area contributed by atoms with Crippen molar-refractivity contribution in [3.63, 3.8) is 0 Å². The second-order valence-electron chi connectivity index (χ2n) is 5.06. The Bertz CT molecular complexity index is 367. The zero-order valence-electron chi connectivity index (χ0n) is 11.5. The largest absolute Gasteiger partial charge is 0.383 e. The average Bonchev–Trinajstić information content (AvgIpc) is 2.43. The molecular formula is C15H24N2O. The fourth-order valence-corrected chi connectivity index (χ4v) is 2.86. The summed E-state index contributed by atoms with van der Waals surface area (Å²) in [4.78, 5) is 4.62. The van der Waals surface area contributed by atoms with Crippen LogP contribution in [0.3, 0.4) is 0 Å². The SMILES string of the molecule is CCCNC(COC)C1CCCc2cccnc21. The van der Waals surface area contributed by atoms with Crippen molar-refractivity contribution in [1.29, 1.82) is 0 Å². The van der Waals surface area contributed by atoms with Crippen LogP contribution in [0.5, 0.6) is 0 Å². The number of fused-ring (bicyclic) bond motifs is 1. The van der Waals surface area contributed by atoms with Crippen molar-refractivity contribution in [2.45, 2.75) is 44.6 Å². The summed E-state index contributed by atoms with van der Waals surface area (Å²) in [6.07, 6.45) is 6.72. The molecule has 0 saturated carbocycles. The lowest BCUT2D eigenvalue weighted by Gasteiger charge is -2.31. The van der Waals surface area contributed by atoms with Gasteiger partial charge in [0.05, 0.1) is 6.61 Å². The average molecular weight is 248 g/mol. The van der Waals surface area contributed by atoms with Crippen molar-refractivity contribution < 1.29 is 4.74 Å². The maximum absolute atomic E-state index is 5.38. The minimum absolute atomic E-state index is 0.392. The fourth-order valence-electron chi connectivity index (χ4n) is 2.86. The number of rotatable bonds is 6. The molecule has 0 amide bonds. The molecule has 18 heavy (non-hydrogen) atoms. The summed E-state index contributed by atoms with van der Waals surface area (Å²) in [5.74, 6) is 0.501. The van der Waals surface area contributed by atoms with E-state index in [1.54, 1.807) is 7.11 Å². The van der Waals surface area contributed by atoms with E-state index in [0.717, 1.165) is 19.6 Å². The molecule has 2 atom stereocenters. The van der Waals surface area contributed by atoms with Crippen LogP contribution in [-0.2, 0) is 11.2 Å². The molecule has 2 unspecified atom stereocenters. The van der Waals surface area contributed by atoms with E-state index in [1.807, 2.05) is 12.3 Å². The number of methoxy groups -OCH3 is 1. The Morgan fingerprint density at radius 3 is 3.22 bits per heavy atom. The lowest BCUT2D eigenvalue weighted by molar-refractivity contribution is 0.150. The molecule has 0 aromatic carbocycles. The fraction of sp³-hybridized carbons (Fsp3) is 0.667. The Kier molecular flexibility index (Phi) is 5.14. The van der Waals surface area contributed by atoms with Crippen LogP contribution < -0.4 is 5.32 Å². The standard InChI is InChI=1S/C15H24N2O/c1-3-9-16-14(11-18-2)13-8-4-6-12-7-5-10-17-15(12)13/h5,7,10,13-14,16H,3-4,6,8-9,11H2,1-2H3. The summed E-state index contributed by atoms with van der Waals surface area (Å²) < 4.78 is 5.38. The molecule has 0 spiro atoms. The first-order valence-electron chi connectivity index (χ1n) is 7.03. The lowest BCUT2D eigenvalue weighted by atomic mass is 9.82. The molecule has 3 heteroatoms. The summed E-state index contributed by atoms with van der Waals surface area (Å²) >= 11 is 0. The van der Waals surface area contributed by atoms with Gasteiger partial charge in [-0.05, 0) is 43.9 Å². The highest BCUT2D eigenvalue weighted by atomic mass is 16.5. The molecule has 0 saturated heterocycles. The molecule has 0 radical (unpaired) electrons. The topological polar surface area (TPSA) is 34.1 Å². The molecule has 3 nitrogen and oxygen atoms in total. The number of hydrogen-bond acceptors (Lipinski definition) is 3. The number of aryl methyl sites for hydroxylation is 1. The van der Waals surface area contributed by atoms with Gasteiger partial charge in [0.1, 0.15) is 0 Å². The Labute approximate surface area is 110 Å². The first-order valence-corrected chi connectivity index (χ1v) is 7.03. The Balaban J connectivity index is 2.15. The van der Waals surface area contributed by atoms with Crippen LogP contribution in [0, 0.1) is 0 Å². The Morgan fingerprint density at radius 1 is 1.56 bits per heavy atom. The number of ether oxygens (including phenoxy) is 1. The van der Waals surface area contributed by atoms with Gasteiger partial charge in [0, 0.05) is 31.0 Å². The van der Waals surface area contributed by atoms with Crippen molar-refractivity contribution >= 4 is 0 Å². The zero-order valence-corrected chi connectivity index (χ0v) is 11.5. The second kappa shape index (κ2) is 6.86. The second-order valence-corrected chi connectivity index (χ2v) is 5.06. The number of nitrogens with one attached hydrogen (secondary N) is 1. The molecule has 0 bridgehead atoms. The van der Waals surface area contributed by atoms with Crippen molar-refractivity contribution in [1.82, 2.24) is 10.3 Å². The van der Waals surface area contributed by atoms with Gasteiger partial charge in [0.25, 0.3) is 0 Å². The van der Waals surface area contributed by atoms with Crippen molar-refractivity contribution in [3.05, 3.63) is 29.6 Å². The van der Waals surface area contributed by atoms with Crippen LogP contribution in [0.4, 0.5) is 0 Å². The minimum atomic E-state index is 0.392. The summed E-state index contributed by atoms with van der Waals surface area (Å²) in [6, 6.07) is 4.66. The van der Waals surface area contributed by atoms with E-state index in [2.05, 4.69) is 23.3 Å². The van der Waals surface area contributed by atoms with Gasteiger partial charge in [-0.15, -0.1) is 0 Å². The van der Waals surface area contributed by atoms with Gasteiger partial charge in [-0.25, -0.2) is 0 Å². The molecule has 1 aliphatic rings. The molecule has 100 valence electrons. The maximum Gasteiger partial charge on any atom is 0.0622 e. The number of pyridine rings is 1. The normalized spacial score (nSPS) is 20.4. The van der Waals surface area contributed by atoms with E-state index in [-0.39, 0.29) is 0 Å². The third kappa shape index (κ3) is 3.09. The minimum Gasteiger partial charge on any atom is -0.383 e. The van der Waals surface area contributed by atoms with E-state index in [4.69, 9.17) is 4.74 Å². The first kappa shape index (κ1) is 13.5. The Hall–Kier alpha value is -0.930. The van der Waals surface area contributed by atoms with Crippen LogP contribution in [0.2, 0.25) is 0 Å². The monoisotopic (exact) mass is 248 g/mol. The van der Waals surface area contributed by atoms with Gasteiger partial charge in [0.15, 0.2) is 0 Å². The number of hydrogen-bond donors (Lipinski definition) is 1. The van der Waals surface area contributed by atoms with Crippen molar-refractivity contribution in [2.24, 2.45) is 0 Å². The van der Waals surface area contributed by atoms with Gasteiger partial charge >= 0.3 is 0 Å². The highest BCUT2D eigenvalue weighted by Gasteiger charge is 2.28. The van der Waals surface area contributed by atoms with E-state index in [1.165, 1.54) is 30.5 Å². The molecule has 0 fully saturated rings. The molecule has 1 aliphatic carbocycles. The molecule has 2 rings (SSSR count). The molecule has 1 aromatic rings. The highest BCUT2D eigenvalue weighted by Crippen LogP contribution is 2.32. The van der Waals surface area contributed by atoms with Crippen LogP contribution in [0.25, 0.3) is 0 Å². The molecular weight excluding hydrogens is 224 g/mol. The predicted octanol–water partition coefficient (Wildman–Crippen LogP) is 2.52. The van der Waals surface area contributed by atoms with Crippen molar-refractivity contribution in [3.8, 4) is 0 Å². The smallest absolute Gasteiger partial charge is 0.0622 e. The van der Waals surface area contributed by atoms with Gasteiger partial charge in [-0.1, -0.05) is 13.0 Å². The maximum atomic E-state index is 5.38. The number of nitrogens with zero attached hydrogens (tertiary/aromatic N) is 1. The molecule has 0 aliphatic heterocycles. The molecule has 1 aromatic heterocycles. The van der Waals surface area contributed by atoms with Gasteiger partial charge < -0.3 is 10.1 Å². The van der Waals surface area contributed by atoms with Crippen LogP contribution >= 0.6 is 0 Å². The summed E-state index contributed by atoms with van der Waals surface area (Å²) in [7, 11) is 1.78. The quantitative estimate of drug-likeness (QED) is 0.840. The third-order valence-corrected chi connectivity index (χ3v) is 3.73. The van der Waals surface area contributed by atoms with E-state index >= 15 is 0 Å². The van der Waals surface area contributed by atoms with E-state index in [0.29, 0.717) is 12.0 Å². The summed E-state index contributed by atoms with van der Waals surface area (Å²) in [5.41, 5.74) is 2.71. The zero-order chi connectivity index (χ0) is 12.8. The van der Waals surface area contributed by atoms with Crippen LogP contribution in [0.15, 0.2) is 18.3 Å². The summed E-state index contributed by atoms with van der Waals surface area (Å²) in [5, 5.41) is 3.62.